The van der Waals surface area contributed by atoms with Gasteiger partial charge in [0, 0.05) is 37.2 Å². The van der Waals surface area contributed by atoms with Crippen LogP contribution in [0.4, 0.5) is 0 Å². The van der Waals surface area contributed by atoms with Crippen molar-refractivity contribution in [1.29, 1.82) is 0 Å². The summed E-state index contributed by atoms with van der Waals surface area (Å²) in [5.74, 6) is 0.0988. The fourth-order valence-electron chi connectivity index (χ4n) is 2.23. The minimum absolute atomic E-state index is 0.127. The van der Waals surface area contributed by atoms with Crippen LogP contribution < -0.4 is 5.32 Å². The lowest BCUT2D eigenvalue weighted by Crippen LogP contribution is -2.29. The topological polar surface area (TPSA) is 49.4 Å². The van der Waals surface area contributed by atoms with Gasteiger partial charge in [0.25, 0.3) is 0 Å². The summed E-state index contributed by atoms with van der Waals surface area (Å²) in [6.45, 7) is 2.15. The Morgan fingerprint density at radius 3 is 2.76 bits per heavy atom. The summed E-state index contributed by atoms with van der Waals surface area (Å²) in [4.78, 5) is 24.9. The molecule has 1 heterocycles. The van der Waals surface area contributed by atoms with Gasteiger partial charge in [0.15, 0.2) is 0 Å². The Labute approximate surface area is 129 Å². The normalized spacial score (nSPS) is 14.9. The first-order chi connectivity index (χ1) is 10.1. The molecular formula is C16H19ClN2O2. The summed E-state index contributed by atoms with van der Waals surface area (Å²) < 4.78 is 0. The van der Waals surface area contributed by atoms with E-state index in [2.05, 4.69) is 5.32 Å². The molecule has 0 saturated carbocycles. The van der Waals surface area contributed by atoms with Gasteiger partial charge < -0.3 is 10.2 Å². The molecule has 1 saturated heterocycles. The van der Waals surface area contributed by atoms with Gasteiger partial charge in [-0.25, -0.2) is 0 Å². The largest absolute Gasteiger partial charge is 0.352 e. The molecule has 112 valence electrons. The molecule has 1 fully saturated rings. The highest BCUT2D eigenvalue weighted by atomic mass is 35.5. The van der Waals surface area contributed by atoms with Gasteiger partial charge in [-0.3, -0.25) is 9.59 Å². The molecule has 1 aliphatic heterocycles. The molecule has 0 aromatic heterocycles. The third kappa shape index (κ3) is 5.23. The van der Waals surface area contributed by atoms with Crippen molar-refractivity contribution in [3.8, 4) is 0 Å². The van der Waals surface area contributed by atoms with Gasteiger partial charge in [0.2, 0.25) is 11.8 Å². The number of carbonyl (C=O) groups is 2. The lowest BCUT2D eigenvalue weighted by atomic mass is 10.2. The Hall–Kier alpha value is -1.81. The zero-order valence-electron chi connectivity index (χ0n) is 11.8. The van der Waals surface area contributed by atoms with Crippen molar-refractivity contribution in [2.45, 2.75) is 19.3 Å². The maximum atomic E-state index is 11.6. The molecule has 1 aliphatic rings. The van der Waals surface area contributed by atoms with Gasteiger partial charge in [-0.2, -0.15) is 0 Å². The number of hydrogen-bond acceptors (Lipinski definition) is 2. The first kappa shape index (κ1) is 15.6. The second kappa shape index (κ2) is 7.84. The maximum Gasteiger partial charge on any atom is 0.244 e. The Bertz CT molecular complexity index is 526. The van der Waals surface area contributed by atoms with E-state index >= 15 is 0 Å². The molecule has 0 bridgehead atoms. The van der Waals surface area contributed by atoms with Crippen molar-refractivity contribution in [2.75, 3.05) is 19.6 Å². The Kier molecular flexibility index (Phi) is 5.81. The van der Waals surface area contributed by atoms with E-state index in [4.69, 9.17) is 11.6 Å². The second-order valence-corrected chi connectivity index (χ2v) is 5.45. The summed E-state index contributed by atoms with van der Waals surface area (Å²) in [5, 5.41) is 3.49. The van der Waals surface area contributed by atoms with Crippen LogP contribution in [0.2, 0.25) is 5.02 Å². The fourth-order valence-corrected chi connectivity index (χ4v) is 2.35. The van der Waals surface area contributed by atoms with E-state index in [0.717, 1.165) is 31.5 Å². The van der Waals surface area contributed by atoms with Gasteiger partial charge in [-0.05, 0) is 36.6 Å². The predicted molar refractivity (Wildman–Crippen MR) is 83.9 cm³/mol. The molecule has 2 amide bonds. The van der Waals surface area contributed by atoms with E-state index < -0.39 is 0 Å². The number of carbonyl (C=O) groups excluding carboxylic acids is 2. The summed E-state index contributed by atoms with van der Waals surface area (Å²) in [6.07, 6.45) is 5.65. The molecule has 0 atom stereocenters. The third-order valence-electron chi connectivity index (χ3n) is 3.37. The van der Waals surface area contributed by atoms with Crippen LogP contribution in [0.3, 0.4) is 0 Å². The average Bonchev–Trinajstić information content (AvgIpc) is 2.88. The molecule has 0 spiro atoms. The summed E-state index contributed by atoms with van der Waals surface area (Å²) >= 11 is 5.79. The highest BCUT2D eigenvalue weighted by molar-refractivity contribution is 6.30. The van der Waals surface area contributed by atoms with Crippen LogP contribution in [0, 0.1) is 0 Å². The van der Waals surface area contributed by atoms with Crippen molar-refractivity contribution in [1.82, 2.24) is 10.2 Å². The first-order valence-corrected chi connectivity index (χ1v) is 7.52. The van der Waals surface area contributed by atoms with E-state index in [1.165, 1.54) is 6.08 Å². The first-order valence-electron chi connectivity index (χ1n) is 7.14. The second-order valence-electron chi connectivity index (χ2n) is 5.01. The molecule has 0 unspecified atom stereocenters. The van der Waals surface area contributed by atoms with Gasteiger partial charge >= 0.3 is 0 Å². The lowest BCUT2D eigenvalue weighted by molar-refractivity contribution is -0.127. The van der Waals surface area contributed by atoms with Gasteiger partial charge in [0.1, 0.15) is 0 Å². The van der Waals surface area contributed by atoms with Crippen molar-refractivity contribution >= 4 is 29.5 Å². The number of nitrogens with one attached hydrogen (secondary N) is 1. The predicted octanol–water partition coefficient (Wildman–Crippen LogP) is 2.48. The summed E-state index contributed by atoms with van der Waals surface area (Å²) in [7, 11) is 0. The average molecular weight is 307 g/mol. The molecule has 1 aromatic rings. The van der Waals surface area contributed by atoms with Crippen molar-refractivity contribution in [2.24, 2.45) is 0 Å². The molecule has 21 heavy (non-hydrogen) atoms. The highest BCUT2D eigenvalue weighted by Gasteiger charge is 2.18. The molecule has 4 nitrogen and oxygen atoms in total. The van der Waals surface area contributed by atoms with Crippen LogP contribution in [-0.4, -0.2) is 36.3 Å². The quantitative estimate of drug-likeness (QED) is 0.648. The monoisotopic (exact) mass is 306 g/mol. The molecule has 2 rings (SSSR count). The Morgan fingerprint density at radius 2 is 2.10 bits per heavy atom. The Morgan fingerprint density at radius 1 is 1.33 bits per heavy atom. The smallest absolute Gasteiger partial charge is 0.244 e. The minimum atomic E-state index is -0.127. The van der Waals surface area contributed by atoms with Crippen LogP contribution in [0.5, 0.6) is 0 Å². The van der Waals surface area contributed by atoms with E-state index in [0.29, 0.717) is 18.0 Å². The SMILES string of the molecule is O=C(/C=C/c1ccc(Cl)cc1)NCCCN1CCCC1=O. The van der Waals surface area contributed by atoms with E-state index in [9.17, 15) is 9.59 Å². The van der Waals surface area contributed by atoms with Gasteiger partial charge in [0.05, 0.1) is 0 Å². The number of nitrogens with zero attached hydrogens (tertiary/aromatic N) is 1. The molecular weight excluding hydrogens is 288 g/mol. The number of hydrogen-bond donors (Lipinski definition) is 1. The van der Waals surface area contributed by atoms with Crippen molar-refractivity contribution in [3.05, 3.63) is 40.9 Å². The van der Waals surface area contributed by atoms with Crippen LogP contribution in [0.1, 0.15) is 24.8 Å². The van der Waals surface area contributed by atoms with E-state index in [1.807, 2.05) is 17.0 Å². The molecule has 0 aliphatic carbocycles. The number of rotatable bonds is 6. The van der Waals surface area contributed by atoms with E-state index in [-0.39, 0.29) is 11.8 Å². The molecule has 5 heteroatoms. The maximum absolute atomic E-state index is 11.6. The van der Waals surface area contributed by atoms with Crippen LogP contribution in [0.15, 0.2) is 30.3 Å². The zero-order valence-corrected chi connectivity index (χ0v) is 12.6. The van der Waals surface area contributed by atoms with Gasteiger partial charge in [-0.1, -0.05) is 23.7 Å². The molecule has 1 N–H and O–H groups in total. The fraction of sp³-hybridized carbons (Fsp3) is 0.375. The number of halogens is 1. The number of likely N-dealkylation sites (tertiary alicyclic amines) is 1. The van der Waals surface area contributed by atoms with Crippen molar-refractivity contribution in [3.63, 3.8) is 0 Å². The Balaban J connectivity index is 1.65. The summed E-state index contributed by atoms with van der Waals surface area (Å²) in [5.41, 5.74) is 0.928. The minimum Gasteiger partial charge on any atom is -0.352 e. The highest BCUT2D eigenvalue weighted by Crippen LogP contribution is 2.10. The van der Waals surface area contributed by atoms with Crippen LogP contribution in [-0.2, 0) is 9.59 Å². The standard InChI is InChI=1S/C16H19ClN2O2/c17-14-7-4-13(5-8-14)6-9-15(20)18-10-2-12-19-11-1-3-16(19)21/h4-9H,1-3,10-12H2,(H,18,20)/b9-6+. The summed E-state index contributed by atoms with van der Waals surface area (Å²) in [6, 6.07) is 7.27. The van der Waals surface area contributed by atoms with E-state index in [1.54, 1.807) is 18.2 Å². The lowest BCUT2D eigenvalue weighted by Gasteiger charge is -2.14. The zero-order chi connectivity index (χ0) is 15.1. The molecule has 0 radical (unpaired) electrons. The van der Waals surface area contributed by atoms with Crippen molar-refractivity contribution < 1.29 is 9.59 Å². The molecule has 1 aromatic carbocycles. The van der Waals surface area contributed by atoms with Gasteiger partial charge in [-0.15, -0.1) is 0 Å². The third-order valence-corrected chi connectivity index (χ3v) is 3.62. The van der Waals surface area contributed by atoms with Crippen LogP contribution in [0.25, 0.3) is 6.08 Å². The van der Waals surface area contributed by atoms with Crippen LogP contribution >= 0.6 is 11.6 Å². The number of benzene rings is 1. The number of amides is 2.